The van der Waals surface area contributed by atoms with Gasteiger partial charge in [0.15, 0.2) is 0 Å². The maximum atomic E-state index is 10.9. The van der Waals surface area contributed by atoms with Crippen molar-refractivity contribution in [3.63, 3.8) is 0 Å². The minimum atomic E-state index is -0.614. The second kappa shape index (κ2) is 6.40. The lowest BCUT2D eigenvalue weighted by Crippen LogP contribution is -2.08. The molecule has 0 aliphatic rings. The number of rotatable bonds is 5. The number of aromatic amines is 1. The molecule has 1 aromatic carbocycles. The van der Waals surface area contributed by atoms with E-state index in [1.54, 1.807) is 0 Å². The molecule has 2 aromatic heterocycles. The predicted octanol–water partition coefficient (Wildman–Crippen LogP) is 2.13. The molecule has 3 aromatic rings. The molecule has 112 valence electrons. The Kier molecular flexibility index (Phi) is 4.15. The van der Waals surface area contributed by atoms with Crippen LogP contribution in [0.5, 0.6) is 0 Å². The van der Waals surface area contributed by atoms with Gasteiger partial charge in [-0.15, -0.1) is 5.10 Å². The molecule has 2 N–H and O–H groups in total. The van der Waals surface area contributed by atoms with E-state index >= 15 is 0 Å². The smallest absolute Gasteiger partial charge is 0.388 e. The summed E-state index contributed by atoms with van der Waals surface area (Å²) in [5.41, 5.74) is 1.58. The maximum absolute atomic E-state index is 10.9. The molecule has 8 heteroatoms. The molecule has 7 nitrogen and oxygen atoms in total. The number of hydrogen-bond donors (Lipinski definition) is 2. The van der Waals surface area contributed by atoms with Crippen LogP contribution in [0, 0.1) is 0 Å². The number of anilines is 1. The first-order valence-corrected chi connectivity index (χ1v) is 6.95. The van der Waals surface area contributed by atoms with Crippen molar-refractivity contribution in [3.8, 4) is 11.5 Å². The van der Waals surface area contributed by atoms with E-state index in [1.165, 1.54) is 12.4 Å². The number of hydrogen-bond acceptors (Lipinski definition) is 6. The van der Waals surface area contributed by atoms with Gasteiger partial charge in [-0.2, -0.15) is 0 Å². The third-order valence-corrected chi connectivity index (χ3v) is 3.34. The fourth-order valence-corrected chi connectivity index (χ4v) is 2.12. The summed E-state index contributed by atoms with van der Waals surface area (Å²) in [6, 6.07) is 7.69. The van der Waals surface area contributed by atoms with E-state index in [4.69, 9.17) is 16.0 Å². The first-order valence-electron chi connectivity index (χ1n) is 6.57. The molecule has 0 spiro atoms. The van der Waals surface area contributed by atoms with Crippen molar-refractivity contribution in [1.29, 1.82) is 0 Å². The molecule has 0 saturated heterocycles. The summed E-state index contributed by atoms with van der Waals surface area (Å²) in [7, 11) is 0. The van der Waals surface area contributed by atoms with Crippen molar-refractivity contribution in [2.24, 2.45) is 0 Å². The van der Waals surface area contributed by atoms with E-state index in [1.807, 2.05) is 24.3 Å². The van der Waals surface area contributed by atoms with E-state index in [-0.39, 0.29) is 5.89 Å². The summed E-state index contributed by atoms with van der Waals surface area (Å²) in [5, 5.41) is 9.74. The minimum absolute atomic E-state index is 0.160. The van der Waals surface area contributed by atoms with Crippen LogP contribution in [0.2, 0.25) is 5.02 Å². The van der Waals surface area contributed by atoms with Crippen LogP contribution in [-0.4, -0.2) is 26.7 Å². The fourth-order valence-electron chi connectivity index (χ4n) is 1.89. The minimum Gasteiger partial charge on any atom is -0.388 e. The average Bonchev–Trinajstić information content (AvgIpc) is 2.96. The Labute approximate surface area is 130 Å². The summed E-state index contributed by atoms with van der Waals surface area (Å²) in [5.74, 6) is 0.0262. The zero-order valence-corrected chi connectivity index (χ0v) is 12.2. The average molecular weight is 318 g/mol. The lowest BCUT2D eigenvalue weighted by Gasteiger charge is -2.06. The van der Waals surface area contributed by atoms with E-state index in [0.717, 1.165) is 17.0 Å². The van der Waals surface area contributed by atoms with Crippen LogP contribution < -0.4 is 11.1 Å². The van der Waals surface area contributed by atoms with Crippen LogP contribution in [0.4, 0.5) is 5.95 Å². The summed E-state index contributed by atoms with van der Waals surface area (Å²) in [4.78, 5) is 19.2. The van der Waals surface area contributed by atoms with Gasteiger partial charge in [-0.25, -0.2) is 19.9 Å². The Morgan fingerprint density at radius 1 is 1.23 bits per heavy atom. The maximum Gasteiger partial charge on any atom is 0.434 e. The standard InChI is InChI=1S/C14H12ClN5O2/c15-11-4-2-1-3-9(11)5-6-16-13-17-7-10(8-18-13)12-19-20-14(21)22-12/h1-4,7-8H,5-6H2,(H,20,21)(H,16,17,18). The van der Waals surface area contributed by atoms with Crippen LogP contribution in [0.25, 0.3) is 11.5 Å². The zero-order chi connectivity index (χ0) is 15.4. The summed E-state index contributed by atoms with van der Waals surface area (Å²) in [6.45, 7) is 0.653. The van der Waals surface area contributed by atoms with Crippen LogP contribution in [-0.2, 0) is 6.42 Å². The molecule has 0 bridgehead atoms. The number of aromatic nitrogens is 4. The normalized spacial score (nSPS) is 10.6. The van der Waals surface area contributed by atoms with Crippen molar-refractivity contribution in [2.45, 2.75) is 6.42 Å². The highest BCUT2D eigenvalue weighted by Gasteiger charge is 2.06. The highest BCUT2D eigenvalue weighted by Crippen LogP contribution is 2.16. The third kappa shape index (κ3) is 3.32. The van der Waals surface area contributed by atoms with Gasteiger partial charge in [0.05, 0.1) is 5.56 Å². The predicted molar refractivity (Wildman–Crippen MR) is 81.8 cm³/mol. The second-order valence-corrected chi connectivity index (χ2v) is 4.89. The fraction of sp³-hybridized carbons (Fsp3) is 0.143. The van der Waals surface area contributed by atoms with Gasteiger partial charge in [-0.3, -0.25) is 0 Å². The van der Waals surface area contributed by atoms with Gasteiger partial charge in [0, 0.05) is 24.0 Å². The van der Waals surface area contributed by atoms with Crippen molar-refractivity contribution < 1.29 is 4.42 Å². The molecule has 0 radical (unpaired) electrons. The highest BCUT2D eigenvalue weighted by atomic mass is 35.5. The molecule has 0 fully saturated rings. The second-order valence-electron chi connectivity index (χ2n) is 4.48. The summed E-state index contributed by atoms with van der Waals surface area (Å²) in [6.07, 6.45) is 3.83. The molecular weight excluding hydrogens is 306 g/mol. The van der Waals surface area contributed by atoms with Gasteiger partial charge in [-0.1, -0.05) is 29.8 Å². The van der Waals surface area contributed by atoms with Crippen LogP contribution in [0.1, 0.15) is 5.56 Å². The number of nitrogens with one attached hydrogen (secondary N) is 2. The van der Waals surface area contributed by atoms with Crippen molar-refractivity contribution in [1.82, 2.24) is 20.2 Å². The van der Waals surface area contributed by atoms with E-state index in [2.05, 4.69) is 25.5 Å². The van der Waals surface area contributed by atoms with Gasteiger partial charge < -0.3 is 9.73 Å². The monoisotopic (exact) mass is 317 g/mol. The number of halogens is 1. The molecule has 0 unspecified atom stereocenters. The summed E-state index contributed by atoms with van der Waals surface area (Å²) < 4.78 is 4.82. The molecule has 0 aliphatic heterocycles. The third-order valence-electron chi connectivity index (χ3n) is 2.97. The van der Waals surface area contributed by atoms with Gasteiger partial charge in [0.2, 0.25) is 5.95 Å². The first kappa shape index (κ1) is 14.3. The Bertz CT molecular complexity index is 812. The van der Waals surface area contributed by atoms with Gasteiger partial charge >= 0.3 is 5.76 Å². The summed E-state index contributed by atoms with van der Waals surface area (Å²) >= 11 is 6.09. The molecular formula is C14H12ClN5O2. The number of nitrogens with zero attached hydrogens (tertiary/aromatic N) is 3. The number of benzene rings is 1. The SMILES string of the molecule is O=c1[nH]nc(-c2cnc(NCCc3ccccc3Cl)nc2)o1. The molecule has 0 saturated carbocycles. The molecule has 22 heavy (non-hydrogen) atoms. The topological polar surface area (TPSA) is 96.7 Å². The van der Waals surface area contributed by atoms with Gasteiger partial charge in [0.25, 0.3) is 5.89 Å². The molecule has 0 amide bonds. The molecule has 2 heterocycles. The molecule has 0 aliphatic carbocycles. The Hall–Kier alpha value is -2.67. The lowest BCUT2D eigenvalue weighted by molar-refractivity contribution is 0.526. The largest absolute Gasteiger partial charge is 0.434 e. The zero-order valence-electron chi connectivity index (χ0n) is 11.4. The highest BCUT2D eigenvalue weighted by molar-refractivity contribution is 6.31. The van der Waals surface area contributed by atoms with E-state index < -0.39 is 5.76 Å². The Balaban J connectivity index is 1.60. The van der Waals surface area contributed by atoms with Gasteiger partial charge in [0.1, 0.15) is 0 Å². The van der Waals surface area contributed by atoms with Crippen LogP contribution in [0.15, 0.2) is 45.9 Å². The van der Waals surface area contributed by atoms with Crippen LogP contribution >= 0.6 is 11.6 Å². The van der Waals surface area contributed by atoms with E-state index in [0.29, 0.717) is 18.1 Å². The van der Waals surface area contributed by atoms with E-state index in [9.17, 15) is 4.79 Å². The molecule has 0 atom stereocenters. The van der Waals surface area contributed by atoms with Crippen molar-refractivity contribution in [3.05, 3.63) is 57.8 Å². The van der Waals surface area contributed by atoms with Crippen molar-refractivity contribution >= 4 is 17.5 Å². The lowest BCUT2D eigenvalue weighted by atomic mass is 10.1. The van der Waals surface area contributed by atoms with Gasteiger partial charge in [-0.05, 0) is 18.1 Å². The number of H-pyrrole nitrogens is 1. The molecule has 3 rings (SSSR count). The van der Waals surface area contributed by atoms with Crippen LogP contribution in [0.3, 0.4) is 0 Å². The quantitative estimate of drug-likeness (QED) is 0.748. The first-order chi connectivity index (χ1) is 10.7. The Morgan fingerprint density at radius 3 is 2.68 bits per heavy atom. The van der Waals surface area contributed by atoms with Crippen molar-refractivity contribution in [2.75, 3.05) is 11.9 Å². The Morgan fingerprint density at radius 2 is 2.00 bits per heavy atom.